The van der Waals surface area contributed by atoms with Gasteiger partial charge in [0.1, 0.15) is 5.78 Å². The monoisotopic (exact) mass is 265 g/mol. The summed E-state index contributed by atoms with van der Waals surface area (Å²) in [5, 5.41) is 0.640. The van der Waals surface area contributed by atoms with Crippen LogP contribution in [0.5, 0.6) is 0 Å². The Hall–Kier alpha value is -1.19. The molecule has 0 amide bonds. The highest BCUT2D eigenvalue weighted by molar-refractivity contribution is 6.30. The van der Waals surface area contributed by atoms with Crippen molar-refractivity contribution < 1.29 is 9.59 Å². The van der Waals surface area contributed by atoms with Crippen molar-refractivity contribution in [3.05, 3.63) is 34.9 Å². The van der Waals surface area contributed by atoms with Gasteiger partial charge in [0.05, 0.1) is 0 Å². The highest BCUT2D eigenvalue weighted by atomic mass is 35.5. The van der Waals surface area contributed by atoms with Crippen LogP contribution in [-0.2, 0) is 4.79 Å². The number of carbonyl (C=O) groups excluding carboxylic acids is 2. The fraction of sp³-hybridized carbons (Fsp3) is 0.429. The van der Waals surface area contributed by atoms with E-state index in [9.17, 15) is 9.59 Å². The minimum absolute atomic E-state index is 0.128. The quantitative estimate of drug-likeness (QED) is 0.786. The Morgan fingerprint density at radius 1 is 1.17 bits per heavy atom. The summed E-state index contributed by atoms with van der Waals surface area (Å²) in [7, 11) is 0. The predicted octanol–water partition coefficient (Wildman–Crippen LogP) is 2.58. The van der Waals surface area contributed by atoms with Crippen LogP contribution >= 0.6 is 11.6 Å². The van der Waals surface area contributed by atoms with Gasteiger partial charge in [0.15, 0.2) is 5.78 Å². The molecular weight excluding hydrogens is 250 g/mol. The molecule has 0 unspecified atom stereocenters. The van der Waals surface area contributed by atoms with Crippen LogP contribution in [0.15, 0.2) is 24.3 Å². The van der Waals surface area contributed by atoms with Gasteiger partial charge in [0.25, 0.3) is 0 Å². The van der Waals surface area contributed by atoms with Crippen LogP contribution in [0.4, 0.5) is 0 Å². The van der Waals surface area contributed by atoms with E-state index in [1.165, 1.54) is 0 Å². The summed E-state index contributed by atoms with van der Waals surface area (Å²) in [6.45, 7) is 2.30. The zero-order valence-corrected chi connectivity index (χ0v) is 10.9. The second kappa shape index (κ2) is 6.12. The number of piperidine rings is 1. The molecule has 1 saturated heterocycles. The summed E-state index contributed by atoms with van der Waals surface area (Å²) in [4.78, 5) is 25.2. The van der Waals surface area contributed by atoms with E-state index in [1.807, 2.05) is 0 Å². The van der Waals surface area contributed by atoms with Crippen molar-refractivity contribution >= 4 is 23.2 Å². The summed E-state index contributed by atoms with van der Waals surface area (Å²) in [5.74, 6) is 0.457. The third kappa shape index (κ3) is 3.65. The molecule has 2 rings (SSSR count). The van der Waals surface area contributed by atoms with E-state index < -0.39 is 0 Å². The van der Waals surface area contributed by atoms with Gasteiger partial charge < -0.3 is 4.90 Å². The van der Waals surface area contributed by atoms with Gasteiger partial charge in [0, 0.05) is 49.5 Å². The number of halogens is 1. The summed E-state index contributed by atoms with van der Waals surface area (Å²) >= 11 is 5.78. The smallest absolute Gasteiger partial charge is 0.164 e. The highest BCUT2D eigenvalue weighted by Crippen LogP contribution is 2.12. The van der Waals surface area contributed by atoms with E-state index >= 15 is 0 Å². The largest absolute Gasteiger partial charge is 0.302 e. The molecule has 3 nitrogen and oxygen atoms in total. The van der Waals surface area contributed by atoms with Gasteiger partial charge in [0.2, 0.25) is 0 Å². The van der Waals surface area contributed by atoms with Crippen molar-refractivity contribution in [1.82, 2.24) is 4.90 Å². The molecular formula is C14H16ClNO2. The standard InChI is InChI=1S/C14H16ClNO2/c15-12-3-1-11(2-4-12)14(18)7-10-16-8-5-13(17)6-9-16/h1-4H,5-10H2. The summed E-state index contributed by atoms with van der Waals surface area (Å²) in [6.07, 6.45) is 1.74. The van der Waals surface area contributed by atoms with Gasteiger partial charge >= 0.3 is 0 Å². The van der Waals surface area contributed by atoms with Crippen LogP contribution in [0.2, 0.25) is 5.02 Å². The average Bonchev–Trinajstić information content (AvgIpc) is 2.38. The lowest BCUT2D eigenvalue weighted by molar-refractivity contribution is -0.121. The maximum absolute atomic E-state index is 11.9. The Labute approximate surface area is 112 Å². The molecule has 0 N–H and O–H groups in total. The summed E-state index contributed by atoms with van der Waals surface area (Å²) < 4.78 is 0. The lowest BCUT2D eigenvalue weighted by Crippen LogP contribution is -2.35. The molecule has 0 spiro atoms. The van der Waals surface area contributed by atoms with Crippen LogP contribution < -0.4 is 0 Å². The average molecular weight is 266 g/mol. The Morgan fingerprint density at radius 2 is 1.78 bits per heavy atom. The molecule has 1 aromatic carbocycles. The maximum Gasteiger partial charge on any atom is 0.164 e. The van der Waals surface area contributed by atoms with E-state index in [4.69, 9.17) is 11.6 Å². The van der Waals surface area contributed by atoms with Crippen molar-refractivity contribution in [2.75, 3.05) is 19.6 Å². The van der Waals surface area contributed by atoms with Crippen molar-refractivity contribution in [2.45, 2.75) is 19.3 Å². The number of rotatable bonds is 4. The van der Waals surface area contributed by atoms with Gasteiger partial charge in [-0.3, -0.25) is 9.59 Å². The van der Waals surface area contributed by atoms with E-state index in [2.05, 4.69) is 4.90 Å². The second-order valence-electron chi connectivity index (χ2n) is 4.56. The number of benzene rings is 1. The SMILES string of the molecule is O=C1CCN(CCC(=O)c2ccc(Cl)cc2)CC1. The lowest BCUT2D eigenvalue weighted by atomic mass is 10.1. The fourth-order valence-corrected chi connectivity index (χ4v) is 2.19. The molecule has 18 heavy (non-hydrogen) atoms. The molecule has 1 heterocycles. The van der Waals surface area contributed by atoms with Gasteiger partial charge in [-0.25, -0.2) is 0 Å². The van der Waals surface area contributed by atoms with E-state index in [1.54, 1.807) is 24.3 Å². The molecule has 96 valence electrons. The third-order valence-corrected chi connectivity index (χ3v) is 3.49. The summed E-state index contributed by atoms with van der Waals surface area (Å²) in [5.41, 5.74) is 0.701. The zero-order chi connectivity index (χ0) is 13.0. The van der Waals surface area contributed by atoms with Crippen LogP contribution in [-0.4, -0.2) is 36.1 Å². The first-order valence-electron chi connectivity index (χ1n) is 6.18. The van der Waals surface area contributed by atoms with Crippen molar-refractivity contribution in [3.8, 4) is 0 Å². The molecule has 0 saturated carbocycles. The molecule has 0 bridgehead atoms. The van der Waals surface area contributed by atoms with Gasteiger partial charge in [-0.05, 0) is 24.3 Å². The number of hydrogen-bond acceptors (Lipinski definition) is 3. The van der Waals surface area contributed by atoms with Gasteiger partial charge in [-0.1, -0.05) is 11.6 Å². The Kier molecular flexibility index (Phi) is 4.50. The number of carbonyl (C=O) groups is 2. The summed E-state index contributed by atoms with van der Waals surface area (Å²) in [6, 6.07) is 6.97. The van der Waals surface area contributed by atoms with Crippen LogP contribution in [0.1, 0.15) is 29.6 Å². The van der Waals surface area contributed by atoms with E-state index in [0.717, 1.165) is 19.6 Å². The highest BCUT2D eigenvalue weighted by Gasteiger charge is 2.16. The van der Waals surface area contributed by atoms with Crippen molar-refractivity contribution in [3.63, 3.8) is 0 Å². The lowest BCUT2D eigenvalue weighted by Gasteiger charge is -2.25. The van der Waals surface area contributed by atoms with E-state index in [0.29, 0.717) is 35.6 Å². The molecule has 0 aromatic heterocycles. The van der Waals surface area contributed by atoms with Gasteiger partial charge in [-0.2, -0.15) is 0 Å². The molecule has 4 heteroatoms. The first-order chi connectivity index (χ1) is 8.65. The number of Topliss-reactive ketones (excluding diaryl/α,β-unsaturated/α-hetero) is 2. The topological polar surface area (TPSA) is 37.4 Å². The first kappa shape index (κ1) is 13.2. The molecule has 1 aliphatic rings. The van der Waals surface area contributed by atoms with Crippen molar-refractivity contribution in [2.24, 2.45) is 0 Å². The Morgan fingerprint density at radius 3 is 2.39 bits per heavy atom. The predicted molar refractivity (Wildman–Crippen MR) is 71.1 cm³/mol. The van der Waals surface area contributed by atoms with Gasteiger partial charge in [-0.15, -0.1) is 0 Å². The third-order valence-electron chi connectivity index (χ3n) is 3.24. The Balaban J connectivity index is 1.81. The first-order valence-corrected chi connectivity index (χ1v) is 6.56. The molecule has 1 aromatic rings. The fourth-order valence-electron chi connectivity index (χ4n) is 2.07. The molecule has 1 fully saturated rings. The number of ketones is 2. The van der Waals surface area contributed by atoms with E-state index in [-0.39, 0.29) is 5.78 Å². The minimum atomic E-state index is 0.128. The van der Waals surface area contributed by atoms with Crippen LogP contribution in [0.3, 0.4) is 0 Å². The zero-order valence-electron chi connectivity index (χ0n) is 10.2. The number of likely N-dealkylation sites (tertiary alicyclic amines) is 1. The van der Waals surface area contributed by atoms with Crippen molar-refractivity contribution in [1.29, 1.82) is 0 Å². The molecule has 0 atom stereocenters. The number of hydrogen-bond donors (Lipinski definition) is 0. The molecule has 0 radical (unpaired) electrons. The number of nitrogens with zero attached hydrogens (tertiary/aromatic N) is 1. The second-order valence-corrected chi connectivity index (χ2v) is 5.00. The van der Waals surface area contributed by atoms with Crippen LogP contribution in [0, 0.1) is 0 Å². The maximum atomic E-state index is 11.9. The minimum Gasteiger partial charge on any atom is -0.302 e. The molecule has 1 aliphatic heterocycles. The normalized spacial score (nSPS) is 16.8. The van der Waals surface area contributed by atoms with Crippen LogP contribution in [0.25, 0.3) is 0 Å². The Bertz CT molecular complexity index is 432. The molecule has 0 aliphatic carbocycles.